The molecule has 0 spiro atoms. The third kappa shape index (κ3) is 6.60. The standard InChI is InChI=1S/C31H24NSi.C22H20NSe.Ir/c1-22-13-17-24(18-14-22)33(25-19-15-23(2)16-20-25)30-12-4-3-8-26(30)27-9-7-10-28(31(27)33)29-11-5-6-21-32-29;1-3-22(4-2)17-11-5-6-13-19(17)24-20-14-9-10-16(21(20)22)18-12-7-8-15-23-18;/h3-9,11-21H,1-2H3;5-9,11-15H,3-4H2,1-2H3;/q2*-1;. The average Bonchev–Trinajstić information content (AvgIpc) is 3.58. The van der Waals surface area contributed by atoms with Crippen molar-refractivity contribution in [3.05, 3.63) is 205 Å². The summed E-state index contributed by atoms with van der Waals surface area (Å²) in [5.41, 5.74) is 12.6. The fraction of sp³-hybridized carbons (Fsp3) is 0.132. The molecule has 6 aromatic carbocycles. The molecule has 0 saturated heterocycles. The average molecular weight is 1010 g/mol. The van der Waals surface area contributed by atoms with Gasteiger partial charge in [-0.3, -0.25) is 0 Å². The van der Waals surface area contributed by atoms with Gasteiger partial charge in [-0.05, 0) is 36.4 Å². The molecular formula is C53H44IrN2SeSi-2. The normalized spacial score (nSPS) is 13.7. The molecule has 0 fully saturated rings. The minimum atomic E-state index is -2.57. The predicted molar refractivity (Wildman–Crippen MR) is 242 cm³/mol. The van der Waals surface area contributed by atoms with Crippen LogP contribution in [0.25, 0.3) is 33.6 Å². The van der Waals surface area contributed by atoms with Gasteiger partial charge in [-0.1, -0.05) is 112 Å². The van der Waals surface area contributed by atoms with Crippen molar-refractivity contribution in [1.29, 1.82) is 0 Å². The van der Waals surface area contributed by atoms with Gasteiger partial charge in [-0.15, -0.1) is 28.9 Å². The number of pyridine rings is 2. The molecule has 8 aromatic rings. The van der Waals surface area contributed by atoms with Crippen LogP contribution in [0.3, 0.4) is 0 Å². The van der Waals surface area contributed by atoms with E-state index in [9.17, 15) is 0 Å². The van der Waals surface area contributed by atoms with Gasteiger partial charge in [0.2, 0.25) is 0 Å². The summed E-state index contributed by atoms with van der Waals surface area (Å²) in [7, 11) is -2.57. The Morgan fingerprint density at radius 2 is 1.10 bits per heavy atom. The first-order chi connectivity index (χ1) is 28.0. The van der Waals surface area contributed by atoms with Gasteiger partial charge < -0.3 is 4.98 Å². The molecule has 5 heteroatoms. The molecule has 0 saturated carbocycles. The summed E-state index contributed by atoms with van der Waals surface area (Å²) in [6.07, 6.45) is 5.96. The molecule has 0 unspecified atom stereocenters. The van der Waals surface area contributed by atoms with Gasteiger partial charge in [-0.2, -0.15) is 0 Å². The van der Waals surface area contributed by atoms with E-state index in [1.54, 1.807) is 0 Å². The van der Waals surface area contributed by atoms with Crippen LogP contribution in [0.4, 0.5) is 0 Å². The first kappa shape index (κ1) is 39.8. The zero-order valence-electron chi connectivity index (χ0n) is 33.2. The number of rotatable bonds is 6. The molecule has 1 radical (unpaired) electrons. The zero-order chi connectivity index (χ0) is 39.0. The molecule has 0 bridgehead atoms. The van der Waals surface area contributed by atoms with Gasteiger partial charge in [0.25, 0.3) is 0 Å². The van der Waals surface area contributed by atoms with Crippen LogP contribution in [0, 0.1) is 26.0 Å². The first-order valence-corrected chi connectivity index (χ1v) is 23.7. The van der Waals surface area contributed by atoms with Gasteiger partial charge in [0.15, 0.2) is 0 Å². The van der Waals surface area contributed by atoms with Crippen LogP contribution in [-0.4, -0.2) is 33.0 Å². The molecule has 58 heavy (non-hydrogen) atoms. The second-order valence-corrected chi connectivity index (χ2v) is 21.0. The van der Waals surface area contributed by atoms with Crippen molar-refractivity contribution < 1.29 is 20.1 Å². The molecule has 2 aromatic heterocycles. The third-order valence-electron chi connectivity index (χ3n) is 12.1. The molecule has 2 aliphatic heterocycles. The SMILES string of the molecule is CCC1(CC)c2ccccc2[Se]c2cc[c-]c(-c3ccccn3)c21.Cc1ccc([Si]2(c3ccc(C)cc3)c3ccccc3-c3cc[c-]c(-c4ccccn4)c32)cc1.[Ir]. The van der Waals surface area contributed by atoms with Crippen LogP contribution >= 0.6 is 0 Å². The largest absolute Gasteiger partial charge is 0.305 e. The summed E-state index contributed by atoms with van der Waals surface area (Å²) in [5, 5.41) is 5.65. The third-order valence-corrected chi connectivity index (χ3v) is 19.4. The van der Waals surface area contributed by atoms with Crippen molar-refractivity contribution in [3.8, 4) is 33.6 Å². The maximum atomic E-state index is 4.76. The maximum absolute atomic E-state index is 4.76. The summed E-state index contributed by atoms with van der Waals surface area (Å²) in [6, 6.07) is 64.5. The summed E-state index contributed by atoms with van der Waals surface area (Å²) >= 11 is 0.346. The number of fused-ring (bicyclic) bond motifs is 5. The van der Waals surface area contributed by atoms with E-state index in [1.165, 1.54) is 68.6 Å². The van der Waals surface area contributed by atoms with E-state index < -0.39 is 8.07 Å². The van der Waals surface area contributed by atoms with Crippen LogP contribution in [0.2, 0.25) is 0 Å². The molecular weight excluding hydrogens is 964 g/mol. The fourth-order valence-electron chi connectivity index (χ4n) is 9.32. The topological polar surface area (TPSA) is 25.8 Å². The van der Waals surface area contributed by atoms with Crippen LogP contribution in [0.15, 0.2) is 170 Å². The van der Waals surface area contributed by atoms with Crippen molar-refractivity contribution in [2.45, 2.75) is 46.0 Å². The zero-order valence-corrected chi connectivity index (χ0v) is 38.3. The van der Waals surface area contributed by atoms with Gasteiger partial charge >= 0.3 is 150 Å². The van der Waals surface area contributed by atoms with Crippen molar-refractivity contribution >= 4 is 52.7 Å². The van der Waals surface area contributed by atoms with E-state index in [0.717, 1.165) is 29.8 Å². The minimum absolute atomic E-state index is 0. The van der Waals surface area contributed by atoms with Gasteiger partial charge in [0, 0.05) is 26.3 Å². The molecule has 0 N–H and O–H groups in total. The monoisotopic (exact) mass is 1010 g/mol. The van der Waals surface area contributed by atoms with Crippen LogP contribution < -0.4 is 29.7 Å². The molecule has 0 aliphatic carbocycles. The summed E-state index contributed by atoms with van der Waals surface area (Å²) < 4.78 is 3.02. The van der Waals surface area contributed by atoms with Crippen molar-refractivity contribution in [2.75, 3.05) is 0 Å². The van der Waals surface area contributed by atoms with E-state index in [-0.39, 0.29) is 25.5 Å². The summed E-state index contributed by atoms with van der Waals surface area (Å²) in [6.45, 7) is 8.95. The molecule has 2 aliphatic rings. The second-order valence-electron chi connectivity index (χ2n) is 15.1. The Bertz CT molecular complexity index is 2650. The molecule has 0 atom stereocenters. The smallest absolute Gasteiger partial charge is 0.136 e. The maximum Gasteiger partial charge on any atom is 0.136 e. The van der Waals surface area contributed by atoms with Gasteiger partial charge in [0.05, 0.1) is 0 Å². The van der Waals surface area contributed by atoms with E-state index in [0.29, 0.717) is 15.0 Å². The van der Waals surface area contributed by atoms with Crippen LogP contribution in [0.5, 0.6) is 0 Å². The fourth-order valence-corrected chi connectivity index (χ4v) is 17.3. The van der Waals surface area contributed by atoms with E-state index in [1.807, 2.05) is 24.5 Å². The number of hydrogen-bond donors (Lipinski definition) is 0. The van der Waals surface area contributed by atoms with Crippen molar-refractivity contribution in [3.63, 3.8) is 0 Å². The first-order valence-electron chi connectivity index (χ1n) is 19.9. The van der Waals surface area contributed by atoms with Gasteiger partial charge in [0.1, 0.15) is 8.07 Å². The van der Waals surface area contributed by atoms with Crippen molar-refractivity contribution in [2.24, 2.45) is 0 Å². The molecule has 4 heterocycles. The predicted octanol–water partition coefficient (Wildman–Crippen LogP) is 8.14. The van der Waals surface area contributed by atoms with E-state index >= 15 is 0 Å². The number of benzene rings is 6. The summed E-state index contributed by atoms with van der Waals surface area (Å²) in [5.74, 6) is 0. The Hall–Kier alpha value is -4.99. The molecule has 2 nitrogen and oxygen atoms in total. The van der Waals surface area contributed by atoms with Crippen LogP contribution in [-0.2, 0) is 25.5 Å². The number of aromatic nitrogens is 2. The Balaban J connectivity index is 0.000000167. The quantitative estimate of drug-likeness (QED) is 0.124. The minimum Gasteiger partial charge on any atom is -0.305 e. The second kappa shape index (κ2) is 16.7. The Morgan fingerprint density at radius 3 is 1.72 bits per heavy atom. The van der Waals surface area contributed by atoms with E-state index in [4.69, 9.17) is 4.98 Å². The molecule has 10 rings (SSSR count). The number of aryl methyl sites for hydroxylation is 2. The van der Waals surface area contributed by atoms with Crippen LogP contribution in [0.1, 0.15) is 48.9 Å². The van der Waals surface area contributed by atoms with Gasteiger partial charge in [-0.25, -0.2) is 0 Å². The Labute approximate surface area is 364 Å². The van der Waals surface area contributed by atoms with E-state index in [2.05, 4.69) is 190 Å². The molecule has 287 valence electrons. The number of hydrogen-bond acceptors (Lipinski definition) is 2. The summed E-state index contributed by atoms with van der Waals surface area (Å²) in [4.78, 5) is 9.38. The van der Waals surface area contributed by atoms with Crippen molar-refractivity contribution in [1.82, 2.24) is 9.97 Å². The number of nitrogens with zero attached hydrogens (tertiary/aromatic N) is 2. The Kier molecular flexibility index (Phi) is 11.5. The molecule has 0 amide bonds. The Morgan fingerprint density at radius 1 is 0.552 bits per heavy atom.